The van der Waals surface area contributed by atoms with E-state index in [1.54, 1.807) is 6.26 Å². The minimum absolute atomic E-state index is 0.0689. The number of aliphatic hydroxyl groups is 1. The van der Waals surface area contributed by atoms with E-state index < -0.39 is 6.10 Å². The summed E-state index contributed by atoms with van der Waals surface area (Å²) in [7, 11) is 0. The minimum Gasteiger partial charge on any atom is -0.464 e. The first-order chi connectivity index (χ1) is 9.56. The lowest BCUT2D eigenvalue weighted by molar-refractivity contribution is 0.176. The predicted molar refractivity (Wildman–Crippen MR) is 78.7 cm³/mol. The number of rotatable bonds is 5. The molecule has 20 heavy (non-hydrogen) atoms. The Labute approximate surface area is 121 Å². The van der Waals surface area contributed by atoms with Crippen molar-refractivity contribution in [3.8, 4) is 10.6 Å². The lowest BCUT2D eigenvalue weighted by atomic mass is 10.3. The first kappa shape index (κ1) is 14.6. The molecule has 3 N–H and O–H groups in total. The number of hydrogen-bond donors (Lipinski definition) is 3. The van der Waals surface area contributed by atoms with Gasteiger partial charge in [0.15, 0.2) is 0 Å². The molecule has 0 spiro atoms. The molecular weight excluding hydrogens is 276 g/mol. The standard InChI is InChI=1S/C14H18N2O3S/c1-9(2)16-14(18)15-8-10(17)12-5-6-13(20-12)11-4-3-7-19-11/h3-7,9-10,17H,8H2,1-2H3,(H2,15,16,18). The third-order valence-electron chi connectivity index (χ3n) is 2.59. The van der Waals surface area contributed by atoms with Crippen LogP contribution in [0.3, 0.4) is 0 Å². The highest BCUT2D eigenvalue weighted by Crippen LogP contribution is 2.31. The molecule has 6 heteroatoms. The molecule has 5 nitrogen and oxygen atoms in total. The van der Waals surface area contributed by atoms with Crippen LogP contribution in [0.1, 0.15) is 24.8 Å². The van der Waals surface area contributed by atoms with Crippen molar-refractivity contribution in [2.45, 2.75) is 26.0 Å². The number of furan rings is 1. The van der Waals surface area contributed by atoms with Crippen LogP contribution in [0.4, 0.5) is 4.79 Å². The van der Waals surface area contributed by atoms with E-state index >= 15 is 0 Å². The van der Waals surface area contributed by atoms with E-state index in [1.165, 1.54) is 11.3 Å². The summed E-state index contributed by atoms with van der Waals surface area (Å²) in [5.74, 6) is 0.777. The number of carbonyl (C=O) groups excluding carboxylic acids is 1. The van der Waals surface area contributed by atoms with Gasteiger partial charge in [-0.2, -0.15) is 0 Å². The second-order valence-electron chi connectivity index (χ2n) is 4.70. The van der Waals surface area contributed by atoms with Gasteiger partial charge in [-0.1, -0.05) is 0 Å². The SMILES string of the molecule is CC(C)NC(=O)NCC(O)c1ccc(-c2ccco2)s1. The lowest BCUT2D eigenvalue weighted by Crippen LogP contribution is -2.41. The average molecular weight is 294 g/mol. The maximum absolute atomic E-state index is 11.4. The number of urea groups is 1. The molecule has 0 radical (unpaired) electrons. The summed E-state index contributed by atoms with van der Waals surface area (Å²) in [6.07, 6.45) is 0.893. The van der Waals surface area contributed by atoms with Crippen LogP contribution in [0.5, 0.6) is 0 Å². The van der Waals surface area contributed by atoms with Gasteiger partial charge in [-0.15, -0.1) is 11.3 Å². The lowest BCUT2D eigenvalue weighted by Gasteiger charge is -2.12. The van der Waals surface area contributed by atoms with Crippen molar-refractivity contribution >= 4 is 17.4 Å². The summed E-state index contributed by atoms with van der Waals surface area (Å²) in [5, 5.41) is 15.4. The van der Waals surface area contributed by atoms with Crippen LogP contribution < -0.4 is 10.6 Å². The first-order valence-corrected chi connectivity index (χ1v) is 7.24. The molecule has 1 atom stereocenters. The maximum atomic E-state index is 11.4. The van der Waals surface area contributed by atoms with E-state index in [0.717, 1.165) is 15.5 Å². The summed E-state index contributed by atoms with van der Waals surface area (Å²) in [6, 6.07) is 7.23. The zero-order valence-electron chi connectivity index (χ0n) is 11.4. The molecule has 0 aliphatic rings. The molecule has 0 saturated carbocycles. The number of amides is 2. The van der Waals surface area contributed by atoms with E-state index in [0.29, 0.717) is 0 Å². The van der Waals surface area contributed by atoms with Gasteiger partial charge in [0.1, 0.15) is 11.9 Å². The highest BCUT2D eigenvalue weighted by Gasteiger charge is 2.13. The van der Waals surface area contributed by atoms with Gasteiger partial charge in [-0.25, -0.2) is 4.79 Å². The van der Waals surface area contributed by atoms with Gasteiger partial charge in [0, 0.05) is 10.9 Å². The molecule has 2 amide bonds. The van der Waals surface area contributed by atoms with Gasteiger partial charge >= 0.3 is 6.03 Å². The smallest absolute Gasteiger partial charge is 0.315 e. The Morgan fingerprint density at radius 1 is 1.40 bits per heavy atom. The van der Waals surface area contributed by atoms with Crippen molar-refractivity contribution < 1.29 is 14.3 Å². The van der Waals surface area contributed by atoms with Gasteiger partial charge in [-0.3, -0.25) is 0 Å². The molecule has 108 valence electrons. The number of thiophene rings is 1. The maximum Gasteiger partial charge on any atom is 0.315 e. The highest BCUT2D eigenvalue weighted by molar-refractivity contribution is 7.15. The fraction of sp³-hybridized carbons (Fsp3) is 0.357. The monoisotopic (exact) mass is 294 g/mol. The molecule has 2 aromatic rings. The molecule has 0 aromatic carbocycles. The minimum atomic E-state index is -0.721. The van der Waals surface area contributed by atoms with Crippen molar-refractivity contribution in [2.24, 2.45) is 0 Å². The summed E-state index contributed by atoms with van der Waals surface area (Å²) >= 11 is 1.45. The summed E-state index contributed by atoms with van der Waals surface area (Å²) in [6.45, 7) is 3.94. The summed E-state index contributed by atoms with van der Waals surface area (Å²) in [4.78, 5) is 13.2. The Morgan fingerprint density at radius 2 is 2.20 bits per heavy atom. The molecule has 2 heterocycles. The fourth-order valence-electron chi connectivity index (χ4n) is 1.69. The van der Waals surface area contributed by atoms with E-state index in [1.807, 2.05) is 38.1 Å². The molecular formula is C14H18N2O3S. The van der Waals surface area contributed by atoms with E-state index in [2.05, 4.69) is 10.6 Å². The van der Waals surface area contributed by atoms with Crippen LogP contribution in [-0.2, 0) is 0 Å². The van der Waals surface area contributed by atoms with E-state index in [9.17, 15) is 9.90 Å². The molecule has 2 rings (SSSR count). The molecule has 2 aromatic heterocycles. The van der Waals surface area contributed by atoms with Crippen molar-refractivity contribution in [1.82, 2.24) is 10.6 Å². The Hall–Kier alpha value is -1.79. The quantitative estimate of drug-likeness (QED) is 0.793. The van der Waals surface area contributed by atoms with Crippen molar-refractivity contribution in [3.05, 3.63) is 35.4 Å². The van der Waals surface area contributed by atoms with Gasteiger partial charge < -0.3 is 20.2 Å². The van der Waals surface area contributed by atoms with Crippen LogP contribution in [0.2, 0.25) is 0 Å². The molecule has 0 aliphatic carbocycles. The molecule has 0 saturated heterocycles. The molecule has 0 aliphatic heterocycles. The Kier molecular flexibility index (Phi) is 4.81. The molecule has 0 fully saturated rings. The zero-order chi connectivity index (χ0) is 14.5. The first-order valence-electron chi connectivity index (χ1n) is 6.42. The largest absolute Gasteiger partial charge is 0.464 e. The van der Waals surface area contributed by atoms with Crippen molar-refractivity contribution in [2.75, 3.05) is 6.54 Å². The fourth-order valence-corrected chi connectivity index (χ4v) is 2.65. The second kappa shape index (κ2) is 6.58. The Balaban J connectivity index is 1.90. The van der Waals surface area contributed by atoms with Crippen LogP contribution in [0, 0.1) is 0 Å². The van der Waals surface area contributed by atoms with Crippen molar-refractivity contribution in [3.63, 3.8) is 0 Å². The number of nitrogens with one attached hydrogen (secondary N) is 2. The highest BCUT2D eigenvalue weighted by atomic mass is 32.1. The number of carbonyl (C=O) groups is 1. The Bertz CT molecular complexity index is 549. The van der Waals surface area contributed by atoms with Crippen LogP contribution in [0.15, 0.2) is 34.9 Å². The van der Waals surface area contributed by atoms with Gasteiger partial charge in [0.05, 0.1) is 17.7 Å². The van der Waals surface area contributed by atoms with Gasteiger partial charge in [0.2, 0.25) is 0 Å². The second-order valence-corrected chi connectivity index (χ2v) is 5.82. The third-order valence-corrected chi connectivity index (χ3v) is 3.80. The summed E-state index contributed by atoms with van der Waals surface area (Å²) in [5.41, 5.74) is 0. The Morgan fingerprint density at radius 3 is 2.85 bits per heavy atom. The number of aliphatic hydroxyl groups excluding tert-OH is 1. The van der Waals surface area contributed by atoms with E-state index in [-0.39, 0.29) is 18.6 Å². The summed E-state index contributed by atoms with van der Waals surface area (Å²) < 4.78 is 5.30. The van der Waals surface area contributed by atoms with Crippen molar-refractivity contribution in [1.29, 1.82) is 0 Å². The predicted octanol–water partition coefficient (Wildman–Crippen LogP) is 2.75. The third kappa shape index (κ3) is 3.85. The molecule has 0 bridgehead atoms. The zero-order valence-corrected chi connectivity index (χ0v) is 12.2. The topological polar surface area (TPSA) is 74.5 Å². The number of hydrogen-bond acceptors (Lipinski definition) is 4. The van der Waals surface area contributed by atoms with Gasteiger partial charge in [0.25, 0.3) is 0 Å². The van der Waals surface area contributed by atoms with Gasteiger partial charge in [-0.05, 0) is 38.1 Å². The van der Waals surface area contributed by atoms with Crippen LogP contribution in [-0.4, -0.2) is 23.7 Å². The van der Waals surface area contributed by atoms with Crippen LogP contribution >= 0.6 is 11.3 Å². The van der Waals surface area contributed by atoms with E-state index in [4.69, 9.17) is 4.42 Å². The normalized spacial score (nSPS) is 12.4. The molecule has 1 unspecified atom stereocenters. The van der Waals surface area contributed by atoms with Crippen LogP contribution in [0.25, 0.3) is 10.6 Å². The average Bonchev–Trinajstić information content (AvgIpc) is 3.04.